The first-order valence-electron chi connectivity index (χ1n) is 7.38. The maximum Gasteiger partial charge on any atom is 0.270 e. The zero-order chi connectivity index (χ0) is 15.4. The maximum atomic E-state index is 12.1. The molecule has 6 heteroatoms. The van der Waals surface area contributed by atoms with Crippen molar-refractivity contribution in [1.29, 1.82) is 0 Å². The Balaban J connectivity index is 1.63. The minimum absolute atomic E-state index is 0.107. The van der Waals surface area contributed by atoms with Crippen LogP contribution >= 0.6 is 11.3 Å². The Bertz CT molecular complexity index is 633. The summed E-state index contributed by atoms with van der Waals surface area (Å²) >= 11 is 1.47. The normalized spacial score (nSPS) is 17.4. The standard InChI is InChI=1S/C16H19N3O2S/c1-21-13-6-4-11(5-7-13)16-19-14(10-22-16)15(20)18-9-12-3-2-8-17-12/h4-7,10,12,17H,2-3,8-9H2,1H3,(H,18,20). The lowest BCUT2D eigenvalue weighted by Gasteiger charge is -2.10. The van der Waals surface area contributed by atoms with Crippen molar-refractivity contribution >= 4 is 17.2 Å². The third-order valence-electron chi connectivity index (χ3n) is 3.75. The second-order valence-corrected chi connectivity index (χ2v) is 6.13. The maximum absolute atomic E-state index is 12.1. The van der Waals surface area contributed by atoms with Crippen LogP contribution in [0, 0.1) is 0 Å². The number of ether oxygens (including phenoxy) is 1. The molecule has 0 bridgehead atoms. The van der Waals surface area contributed by atoms with Crippen LogP contribution in [0.3, 0.4) is 0 Å². The van der Waals surface area contributed by atoms with Crippen molar-refractivity contribution in [1.82, 2.24) is 15.6 Å². The summed E-state index contributed by atoms with van der Waals surface area (Å²) in [6.45, 7) is 1.70. The molecule has 0 aliphatic carbocycles. The molecule has 1 atom stereocenters. The highest BCUT2D eigenvalue weighted by Gasteiger charge is 2.17. The fourth-order valence-corrected chi connectivity index (χ4v) is 3.29. The predicted molar refractivity (Wildman–Crippen MR) is 87.5 cm³/mol. The molecule has 1 aliphatic rings. The van der Waals surface area contributed by atoms with E-state index in [-0.39, 0.29) is 5.91 Å². The van der Waals surface area contributed by atoms with Crippen LogP contribution in [0.25, 0.3) is 10.6 Å². The first-order chi connectivity index (χ1) is 10.8. The fraction of sp³-hybridized carbons (Fsp3) is 0.375. The largest absolute Gasteiger partial charge is 0.497 e. The summed E-state index contributed by atoms with van der Waals surface area (Å²) in [6, 6.07) is 8.07. The van der Waals surface area contributed by atoms with Crippen molar-refractivity contribution in [2.75, 3.05) is 20.2 Å². The summed E-state index contributed by atoms with van der Waals surface area (Å²) in [4.78, 5) is 16.6. The third-order valence-corrected chi connectivity index (χ3v) is 4.64. The molecule has 1 aromatic carbocycles. The summed E-state index contributed by atoms with van der Waals surface area (Å²) < 4.78 is 5.14. The van der Waals surface area contributed by atoms with Crippen LogP contribution in [-0.4, -0.2) is 37.1 Å². The van der Waals surface area contributed by atoms with Crippen LogP contribution in [0.4, 0.5) is 0 Å². The van der Waals surface area contributed by atoms with Crippen LogP contribution < -0.4 is 15.4 Å². The molecule has 1 amide bonds. The quantitative estimate of drug-likeness (QED) is 0.888. The summed E-state index contributed by atoms with van der Waals surface area (Å²) in [6.07, 6.45) is 2.30. The van der Waals surface area contributed by atoms with Crippen molar-refractivity contribution in [3.05, 3.63) is 35.3 Å². The molecule has 1 aromatic heterocycles. The van der Waals surface area contributed by atoms with E-state index in [1.165, 1.54) is 17.8 Å². The lowest BCUT2D eigenvalue weighted by molar-refractivity contribution is 0.0946. The van der Waals surface area contributed by atoms with Gasteiger partial charge in [-0.1, -0.05) is 0 Å². The fourth-order valence-electron chi connectivity index (χ4n) is 2.48. The minimum atomic E-state index is -0.107. The Morgan fingerprint density at radius 3 is 2.95 bits per heavy atom. The summed E-state index contributed by atoms with van der Waals surface area (Å²) in [7, 11) is 1.64. The Kier molecular flexibility index (Phi) is 4.70. The van der Waals surface area contributed by atoms with Crippen molar-refractivity contribution in [2.24, 2.45) is 0 Å². The van der Waals surface area contributed by atoms with E-state index in [1.54, 1.807) is 12.5 Å². The Morgan fingerprint density at radius 1 is 1.45 bits per heavy atom. The molecule has 2 N–H and O–H groups in total. The molecule has 1 saturated heterocycles. The van der Waals surface area contributed by atoms with Gasteiger partial charge in [-0.3, -0.25) is 4.79 Å². The lowest BCUT2D eigenvalue weighted by Crippen LogP contribution is -2.37. The molecule has 3 rings (SSSR count). The second-order valence-electron chi connectivity index (χ2n) is 5.27. The number of hydrogen-bond donors (Lipinski definition) is 2. The van der Waals surface area contributed by atoms with Crippen LogP contribution in [0.2, 0.25) is 0 Å². The number of thiazole rings is 1. The molecule has 2 aromatic rings. The molecule has 5 nitrogen and oxygen atoms in total. The summed E-state index contributed by atoms with van der Waals surface area (Å²) in [5, 5.41) is 8.95. The van der Waals surface area contributed by atoms with E-state index in [1.807, 2.05) is 24.3 Å². The van der Waals surface area contributed by atoms with E-state index in [0.717, 1.165) is 29.3 Å². The molecule has 0 spiro atoms. The van der Waals surface area contributed by atoms with E-state index in [9.17, 15) is 4.79 Å². The number of aromatic nitrogens is 1. The van der Waals surface area contributed by atoms with Gasteiger partial charge in [-0.25, -0.2) is 4.98 Å². The van der Waals surface area contributed by atoms with Crippen LogP contribution in [-0.2, 0) is 0 Å². The highest BCUT2D eigenvalue weighted by molar-refractivity contribution is 7.13. The first kappa shape index (κ1) is 15.0. The van der Waals surface area contributed by atoms with Gasteiger partial charge in [0.2, 0.25) is 0 Å². The van der Waals surface area contributed by atoms with Gasteiger partial charge in [0.25, 0.3) is 5.91 Å². The second kappa shape index (κ2) is 6.89. The summed E-state index contributed by atoms with van der Waals surface area (Å²) in [5.74, 6) is 0.701. The van der Waals surface area contributed by atoms with Crippen molar-refractivity contribution in [3.8, 4) is 16.3 Å². The van der Waals surface area contributed by atoms with Gasteiger partial charge in [-0.2, -0.15) is 0 Å². The van der Waals surface area contributed by atoms with Crippen molar-refractivity contribution < 1.29 is 9.53 Å². The van der Waals surface area contributed by atoms with Crippen LogP contribution in [0.15, 0.2) is 29.6 Å². The van der Waals surface area contributed by atoms with Gasteiger partial charge in [0.15, 0.2) is 0 Å². The lowest BCUT2D eigenvalue weighted by atomic mass is 10.2. The van der Waals surface area contributed by atoms with E-state index in [2.05, 4.69) is 15.6 Å². The Hall–Kier alpha value is -1.92. The van der Waals surface area contributed by atoms with Gasteiger partial charge < -0.3 is 15.4 Å². The number of amides is 1. The molecule has 1 fully saturated rings. The molecule has 2 heterocycles. The van der Waals surface area contributed by atoms with Gasteiger partial charge in [-0.15, -0.1) is 11.3 Å². The van der Waals surface area contributed by atoms with Gasteiger partial charge in [-0.05, 0) is 43.7 Å². The Morgan fingerprint density at radius 2 is 2.27 bits per heavy atom. The van der Waals surface area contributed by atoms with E-state index >= 15 is 0 Å². The molecule has 0 radical (unpaired) electrons. The molecular weight excluding hydrogens is 298 g/mol. The molecule has 1 aliphatic heterocycles. The van der Waals surface area contributed by atoms with E-state index in [4.69, 9.17) is 4.74 Å². The highest BCUT2D eigenvalue weighted by Crippen LogP contribution is 2.25. The summed E-state index contributed by atoms with van der Waals surface area (Å²) in [5.41, 5.74) is 1.47. The van der Waals surface area contributed by atoms with Gasteiger partial charge in [0.05, 0.1) is 7.11 Å². The molecule has 22 heavy (non-hydrogen) atoms. The number of nitrogens with zero attached hydrogens (tertiary/aromatic N) is 1. The molecular formula is C16H19N3O2S. The average molecular weight is 317 g/mol. The van der Waals surface area contributed by atoms with Crippen LogP contribution in [0.1, 0.15) is 23.3 Å². The Labute approximate surface area is 133 Å². The van der Waals surface area contributed by atoms with E-state index in [0.29, 0.717) is 18.3 Å². The molecule has 1 unspecified atom stereocenters. The number of hydrogen-bond acceptors (Lipinski definition) is 5. The minimum Gasteiger partial charge on any atom is -0.497 e. The molecule has 116 valence electrons. The third kappa shape index (κ3) is 3.45. The topological polar surface area (TPSA) is 63.2 Å². The average Bonchev–Trinajstić information content (AvgIpc) is 3.24. The smallest absolute Gasteiger partial charge is 0.270 e. The number of carbonyl (C=O) groups is 1. The number of rotatable bonds is 5. The van der Waals surface area contributed by atoms with Gasteiger partial charge in [0.1, 0.15) is 16.5 Å². The zero-order valence-corrected chi connectivity index (χ0v) is 13.3. The number of methoxy groups -OCH3 is 1. The highest BCUT2D eigenvalue weighted by atomic mass is 32.1. The predicted octanol–water partition coefficient (Wildman–Crippen LogP) is 2.30. The van der Waals surface area contributed by atoms with Crippen LogP contribution in [0.5, 0.6) is 5.75 Å². The van der Waals surface area contributed by atoms with E-state index < -0.39 is 0 Å². The molecule has 0 saturated carbocycles. The number of benzene rings is 1. The first-order valence-corrected chi connectivity index (χ1v) is 8.26. The van der Waals surface area contributed by atoms with Crippen molar-refractivity contribution in [3.63, 3.8) is 0 Å². The number of carbonyl (C=O) groups excluding carboxylic acids is 1. The van der Waals surface area contributed by atoms with Gasteiger partial charge >= 0.3 is 0 Å². The van der Waals surface area contributed by atoms with Gasteiger partial charge in [0, 0.05) is 23.5 Å². The van der Waals surface area contributed by atoms with Crippen molar-refractivity contribution in [2.45, 2.75) is 18.9 Å². The monoisotopic (exact) mass is 317 g/mol. The zero-order valence-electron chi connectivity index (χ0n) is 12.5. The number of nitrogens with one attached hydrogen (secondary N) is 2. The SMILES string of the molecule is COc1ccc(-c2nc(C(=O)NCC3CCCN3)cs2)cc1.